The van der Waals surface area contributed by atoms with Crippen molar-refractivity contribution in [3.63, 3.8) is 0 Å². The number of hydrogen-bond donors (Lipinski definition) is 0. The lowest BCUT2D eigenvalue weighted by Crippen LogP contribution is -2.26. The number of halogens is 2. The maximum Gasteiger partial charge on any atom is 0.452 e. The average molecular weight is 302 g/mol. The van der Waals surface area contributed by atoms with Crippen LogP contribution in [0.25, 0.3) is 0 Å². The van der Waals surface area contributed by atoms with Crippen LogP contribution in [-0.4, -0.2) is 10.8 Å². The maximum absolute atomic E-state index is 11.9. The summed E-state index contributed by atoms with van der Waals surface area (Å²) in [4.78, 5) is 21.9. The quantitative estimate of drug-likeness (QED) is 0.624. The molecule has 1 fully saturated rings. The first-order valence-corrected chi connectivity index (χ1v) is 6.89. The predicted molar refractivity (Wildman–Crippen MR) is 73.2 cm³/mol. The van der Waals surface area contributed by atoms with Gasteiger partial charge in [0.1, 0.15) is 10.8 Å². The fraction of sp³-hybridized carbons (Fsp3) is 0.462. The minimum Gasteiger partial charge on any atom is -0.256 e. The molecule has 0 aromatic heterocycles. The van der Waals surface area contributed by atoms with Crippen LogP contribution in [-0.2, 0) is 4.79 Å². The molecule has 1 aromatic rings. The van der Waals surface area contributed by atoms with E-state index in [0.29, 0.717) is 15.6 Å². The Hall–Kier alpha value is -1.13. The molecule has 102 valence electrons. The highest BCUT2D eigenvalue weighted by Crippen LogP contribution is 2.40. The fourth-order valence-corrected chi connectivity index (χ4v) is 3.27. The fourth-order valence-electron chi connectivity index (χ4n) is 2.75. The molecule has 1 atom stereocenters. The van der Waals surface area contributed by atoms with E-state index in [-0.39, 0.29) is 5.92 Å². The molecule has 0 radical (unpaired) electrons. The summed E-state index contributed by atoms with van der Waals surface area (Å²) in [7, 11) is 0. The monoisotopic (exact) mass is 301 g/mol. The smallest absolute Gasteiger partial charge is 0.256 e. The molecule has 2 rings (SSSR count). The normalized spacial score (nSPS) is 17.4. The van der Waals surface area contributed by atoms with Gasteiger partial charge in [-0.05, 0) is 36.5 Å². The van der Waals surface area contributed by atoms with Crippen molar-refractivity contribution < 1.29 is 9.72 Å². The van der Waals surface area contributed by atoms with Crippen molar-refractivity contribution in [2.24, 2.45) is 5.92 Å². The molecular weight excluding hydrogens is 289 g/mol. The van der Waals surface area contributed by atoms with Crippen LogP contribution >= 0.6 is 23.2 Å². The van der Waals surface area contributed by atoms with Crippen LogP contribution in [0.3, 0.4) is 0 Å². The number of nitrogens with zero attached hydrogens (tertiary/aromatic N) is 1. The van der Waals surface area contributed by atoms with Crippen LogP contribution in [0.5, 0.6) is 0 Å². The van der Waals surface area contributed by atoms with Gasteiger partial charge in [-0.25, -0.2) is 4.79 Å². The molecule has 4 nitrogen and oxygen atoms in total. The predicted octanol–water partition coefficient (Wildman–Crippen LogP) is 4.07. The second-order valence-corrected chi connectivity index (χ2v) is 5.63. The zero-order valence-corrected chi connectivity index (χ0v) is 11.7. The molecule has 1 aliphatic rings. The van der Waals surface area contributed by atoms with E-state index in [2.05, 4.69) is 0 Å². The van der Waals surface area contributed by atoms with Crippen LogP contribution in [0.1, 0.15) is 37.2 Å². The molecule has 6 heteroatoms. The van der Waals surface area contributed by atoms with E-state index in [4.69, 9.17) is 23.2 Å². The third-order valence-electron chi connectivity index (χ3n) is 3.61. The summed E-state index contributed by atoms with van der Waals surface area (Å²) in [6.07, 6.45) is 3.64. The van der Waals surface area contributed by atoms with Crippen molar-refractivity contribution in [2.45, 2.75) is 31.6 Å². The largest absolute Gasteiger partial charge is 0.452 e. The van der Waals surface area contributed by atoms with Crippen LogP contribution < -0.4 is 0 Å². The molecule has 0 bridgehead atoms. The lowest BCUT2D eigenvalue weighted by atomic mass is 9.84. The third-order valence-corrected chi connectivity index (χ3v) is 4.18. The Balaban J connectivity index is 2.41. The SMILES string of the molecule is O=C(C(c1ccc(Cl)cc1Cl)C1CCCC1)[N+](=O)[O-]. The second-order valence-electron chi connectivity index (χ2n) is 4.78. The zero-order chi connectivity index (χ0) is 14.0. The van der Waals surface area contributed by atoms with Crippen molar-refractivity contribution in [2.75, 3.05) is 0 Å². The first kappa shape index (κ1) is 14.3. The highest BCUT2D eigenvalue weighted by Gasteiger charge is 2.40. The molecule has 0 N–H and O–H groups in total. The van der Waals surface area contributed by atoms with Crippen molar-refractivity contribution >= 4 is 29.1 Å². The van der Waals surface area contributed by atoms with Crippen molar-refractivity contribution in [3.8, 4) is 0 Å². The summed E-state index contributed by atoms with van der Waals surface area (Å²) >= 11 is 11.9. The molecule has 1 amide bonds. The number of rotatable bonds is 3. The van der Waals surface area contributed by atoms with E-state index < -0.39 is 16.7 Å². The summed E-state index contributed by atoms with van der Waals surface area (Å²) in [5.74, 6) is -1.74. The van der Waals surface area contributed by atoms with Gasteiger partial charge in [0.2, 0.25) is 0 Å². The lowest BCUT2D eigenvalue weighted by Gasteiger charge is -2.19. The molecule has 1 aliphatic carbocycles. The molecule has 19 heavy (non-hydrogen) atoms. The molecule has 1 unspecified atom stereocenters. The molecule has 0 saturated heterocycles. The van der Waals surface area contributed by atoms with E-state index in [9.17, 15) is 14.9 Å². The van der Waals surface area contributed by atoms with Gasteiger partial charge in [-0.2, -0.15) is 0 Å². The van der Waals surface area contributed by atoms with Gasteiger partial charge in [0.15, 0.2) is 0 Å². The van der Waals surface area contributed by atoms with Gasteiger partial charge in [-0.15, -0.1) is 0 Å². The summed E-state index contributed by atoms with van der Waals surface area (Å²) in [6.45, 7) is 0. The Morgan fingerprint density at radius 2 is 1.95 bits per heavy atom. The number of carbonyl (C=O) groups excluding carboxylic acids is 1. The molecular formula is C13H13Cl2NO3. The minimum atomic E-state index is -0.976. The summed E-state index contributed by atoms with van der Waals surface area (Å²) < 4.78 is 0. The summed E-state index contributed by atoms with van der Waals surface area (Å²) in [6, 6.07) is 4.75. The average Bonchev–Trinajstić information content (AvgIpc) is 2.85. The van der Waals surface area contributed by atoms with Crippen molar-refractivity contribution in [1.29, 1.82) is 0 Å². The molecule has 1 aromatic carbocycles. The van der Waals surface area contributed by atoms with Crippen LogP contribution in [0, 0.1) is 16.0 Å². The Labute approximate surface area is 120 Å². The van der Waals surface area contributed by atoms with E-state index in [1.807, 2.05) is 0 Å². The highest BCUT2D eigenvalue weighted by atomic mass is 35.5. The van der Waals surface area contributed by atoms with Crippen molar-refractivity contribution in [3.05, 3.63) is 43.9 Å². The number of carbonyl (C=O) groups is 1. The standard InChI is InChI=1S/C13H13Cl2NO3/c14-9-5-6-10(11(15)7-9)12(13(17)16(18)19)8-3-1-2-4-8/h5-8,12H,1-4H2. The first-order chi connectivity index (χ1) is 9.00. The van der Waals surface area contributed by atoms with E-state index in [0.717, 1.165) is 25.7 Å². The first-order valence-electron chi connectivity index (χ1n) is 6.14. The van der Waals surface area contributed by atoms with E-state index in [1.165, 1.54) is 6.07 Å². The topological polar surface area (TPSA) is 60.2 Å². The van der Waals surface area contributed by atoms with Crippen molar-refractivity contribution in [1.82, 2.24) is 0 Å². The third kappa shape index (κ3) is 3.07. The van der Waals surface area contributed by atoms with Gasteiger partial charge in [0.25, 0.3) is 0 Å². The maximum atomic E-state index is 11.9. The van der Waals surface area contributed by atoms with Crippen LogP contribution in [0.4, 0.5) is 0 Å². The minimum absolute atomic E-state index is 0.00317. The van der Waals surface area contributed by atoms with Crippen LogP contribution in [0.2, 0.25) is 10.0 Å². The van der Waals surface area contributed by atoms with E-state index in [1.54, 1.807) is 12.1 Å². The van der Waals surface area contributed by atoms with Gasteiger partial charge < -0.3 is 0 Å². The molecule has 0 aliphatic heterocycles. The van der Waals surface area contributed by atoms with Gasteiger partial charge in [0.05, 0.1) is 0 Å². The Kier molecular flexibility index (Phi) is 4.42. The molecule has 1 saturated carbocycles. The Morgan fingerprint density at radius 3 is 2.47 bits per heavy atom. The Bertz CT molecular complexity index is 513. The van der Waals surface area contributed by atoms with Crippen LogP contribution in [0.15, 0.2) is 18.2 Å². The highest BCUT2D eigenvalue weighted by molar-refractivity contribution is 6.35. The molecule has 0 spiro atoms. The number of nitro groups is 1. The summed E-state index contributed by atoms with van der Waals surface area (Å²) in [5, 5.41) is 11.6. The Morgan fingerprint density at radius 1 is 1.32 bits per heavy atom. The lowest BCUT2D eigenvalue weighted by molar-refractivity contribution is -0.405. The van der Waals surface area contributed by atoms with Gasteiger partial charge in [-0.1, -0.05) is 42.1 Å². The zero-order valence-electron chi connectivity index (χ0n) is 10.1. The van der Waals surface area contributed by atoms with Gasteiger partial charge >= 0.3 is 5.91 Å². The number of hydrogen-bond acceptors (Lipinski definition) is 3. The van der Waals surface area contributed by atoms with Gasteiger partial charge in [-0.3, -0.25) is 10.1 Å². The number of benzene rings is 1. The molecule has 0 heterocycles. The van der Waals surface area contributed by atoms with E-state index >= 15 is 0 Å². The second kappa shape index (κ2) is 5.88. The summed E-state index contributed by atoms with van der Waals surface area (Å²) in [5.41, 5.74) is 0.514. The number of amides is 1. The van der Waals surface area contributed by atoms with Gasteiger partial charge in [0, 0.05) is 10.0 Å².